The van der Waals surface area contributed by atoms with E-state index in [4.69, 9.17) is 10.3 Å². The van der Waals surface area contributed by atoms with Crippen LogP contribution in [0.2, 0.25) is 0 Å². The smallest absolute Gasteiger partial charge is 0.0648 e. The molecular formula is C10H19N3O. The average molecular weight is 197 g/mol. The third kappa shape index (κ3) is 7.65. The minimum Gasteiger partial charge on any atom is -0.381 e. The molecule has 0 saturated carbocycles. The van der Waals surface area contributed by atoms with Gasteiger partial charge < -0.3 is 4.74 Å². The topological polar surface area (TPSA) is 58.0 Å². The predicted octanol–water partition coefficient (Wildman–Crippen LogP) is 3.80. The molecule has 0 radical (unpaired) electrons. The zero-order chi connectivity index (χ0) is 10.6. The molecule has 0 amide bonds. The van der Waals surface area contributed by atoms with E-state index < -0.39 is 0 Å². The molecule has 0 N–H and O–H groups in total. The lowest BCUT2D eigenvalue weighted by Crippen LogP contribution is -1.86. The fraction of sp³-hybridized carbons (Fsp3) is 0.800. The first-order valence-corrected chi connectivity index (χ1v) is 5.08. The summed E-state index contributed by atoms with van der Waals surface area (Å²) in [4.78, 5) is 2.79. The van der Waals surface area contributed by atoms with Gasteiger partial charge in [-0.2, -0.15) is 0 Å². The fourth-order valence-electron chi connectivity index (χ4n) is 1.16. The Morgan fingerprint density at radius 3 is 2.79 bits per heavy atom. The van der Waals surface area contributed by atoms with Crippen molar-refractivity contribution in [3.63, 3.8) is 0 Å². The third-order valence-electron chi connectivity index (χ3n) is 1.95. The van der Waals surface area contributed by atoms with Gasteiger partial charge in [-0.1, -0.05) is 37.4 Å². The van der Waals surface area contributed by atoms with E-state index in [-0.39, 0.29) is 0 Å². The van der Waals surface area contributed by atoms with Crippen LogP contribution in [0.15, 0.2) is 16.9 Å². The van der Waals surface area contributed by atoms with Crippen molar-refractivity contribution in [3.8, 4) is 0 Å². The zero-order valence-electron chi connectivity index (χ0n) is 9.07. The van der Waals surface area contributed by atoms with Crippen LogP contribution in [0.1, 0.15) is 39.0 Å². The number of methoxy groups -OCH3 is 1. The van der Waals surface area contributed by atoms with Gasteiger partial charge in [-0.15, -0.1) is 0 Å². The Balaban J connectivity index is 3.79. The summed E-state index contributed by atoms with van der Waals surface area (Å²) in [5, 5.41) is 3.62. The lowest BCUT2D eigenvalue weighted by atomic mass is 10.1. The van der Waals surface area contributed by atoms with Gasteiger partial charge in [0.2, 0.25) is 0 Å². The summed E-state index contributed by atoms with van der Waals surface area (Å²) in [6.07, 6.45) is 7.44. The largest absolute Gasteiger partial charge is 0.381 e. The molecule has 4 nitrogen and oxygen atoms in total. The molecule has 0 rings (SSSR count). The Morgan fingerprint density at radius 1 is 1.43 bits per heavy atom. The van der Waals surface area contributed by atoms with E-state index in [2.05, 4.69) is 16.9 Å². The van der Waals surface area contributed by atoms with Gasteiger partial charge in [0.1, 0.15) is 0 Å². The van der Waals surface area contributed by atoms with Gasteiger partial charge >= 0.3 is 0 Å². The quantitative estimate of drug-likeness (QED) is 0.253. The van der Waals surface area contributed by atoms with Crippen LogP contribution in [0.25, 0.3) is 10.4 Å². The zero-order valence-corrected chi connectivity index (χ0v) is 9.07. The Bertz CT molecular complexity index is 207. The SMILES string of the molecule is CCCCCC/C(=C/COC)N=[N+]=[N-]. The van der Waals surface area contributed by atoms with Crippen LogP contribution in [0, 0.1) is 0 Å². The van der Waals surface area contributed by atoms with Gasteiger partial charge in [0.15, 0.2) is 0 Å². The summed E-state index contributed by atoms with van der Waals surface area (Å²) in [5.41, 5.74) is 9.11. The lowest BCUT2D eigenvalue weighted by Gasteiger charge is -2.00. The maximum Gasteiger partial charge on any atom is 0.0648 e. The minimum atomic E-state index is 0.516. The second-order valence-electron chi connectivity index (χ2n) is 3.15. The van der Waals surface area contributed by atoms with Crippen LogP contribution < -0.4 is 0 Å². The van der Waals surface area contributed by atoms with Crippen molar-refractivity contribution in [1.82, 2.24) is 0 Å². The van der Waals surface area contributed by atoms with E-state index in [1.54, 1.807) is 7.11 Å². The highest BCUT2D eigenvalue weighted by Gasteiger charge is 1.94. The molecule has 4 heteroatoms. The lowest BCUT2D eigenvalue weighted by molar-refractivity contribution is 0.233. The van der Waals surface area contributed by atoms with Crippen molar-refractivity contribution in [1.29, 1.82) is 0 Å². The summed E-state index contributed by atoms with van der Waals surface area (Å²) in [6.45, 7) is 2.69. The molecule has 0 spiro atoms. The molecule has 0 saturated heterocycles. The van der Waals surface area contributed by atoms with Crippen molar-refractivity contribution >= 4 is 0 Å². The number of hydrogen-bond donors (Lipinski definition) is 0. The van der Waals surface area contributed by atoms with Gasteiger partial charge in [0.05, 0.1) is 6.61 Å². The molecule has 0 aliphatic rings. The van der Waals surface area contributed by atoms with Crippen LogP contribution >= 0.6 is 0 Å². The van der Waals surface area contributed by atoms with E-state index in [1.807, 2.05) is 6.08 Å². The number of hydrogen-bond acceptors (Lipinski definition) is 2. The van der Waals surface area contributed by atoms with Gasteiger partial charge in [-0.25, -0.2) is 0 Å². The standard InChI is InChI=1S/C10H19N3O/c1-3-4-5-6-7-10(12-13-11)8-9-14-2/h8H,3-7,9H2,1-2H3/b10-8-. The number of unbranched alkanes of at least 4 members (excludes halogenated alkanes) is 3. The molecule has 0 aromatic rings. The monoisotopic (exact) mass is 197 g/mol. The Morgan fingerprint density at radius 2 is 2.21 bits per heavy atom. The fourth-order valence-corrected chi connectivity index (χ4v) is 1.16. The number of ether oxygens (including phenoxy) is 1. The second kappa shape index (κ2) is 10.1. The van der Waals surface area contributed by atoms with Gasteiger partial charge in [-0.05, 0) is 18.4 Å². The Kier molecular flexibility index (Phi) is 9.38. The van der Waals surface area contributed by atoms with E-state index in [0.717, 1.165) is 18.5 Å². The summed E-state index contributed by atoms with van der Waals surface area (Å²) >= 11 is 0. The summed E-state index contributed by atoms with van der Waals surface area (Å²) in [7, 11) is 1.63. The summed E-state index contributed by atoms with van der Waals surface area (Å²) in [6, 6.07) is 0. The van der Waals surface area contributed by atoms with Crippen LogP contribution in [0.3, 0.4) is 0 Å². The number of azide groups is 1. The van der Waals surface area contributed by atoms with Crippen molar-refractivity contribution in [2.75, 3.05) is 13.7 Å². The second-order valence-corrected chi connectivity index (χ2v) is 3.15. The number of nitrogens with zero attached hydrogens (tertiary/aromatic N) is 3. The van der Waals surface area contributed by atoms with E-state index in [0.29, 0.717) is 6.61 Å². The van der Waals surface area contributed by atoms with E-state index in [9.17, 15) is 0 Å². The first-order valence-electron chi connectivity index (χ1n) is 5.08. The molecule has 0 bridgehead atoms. The summed E-state index contributed by atoms with van der Waals surface area (Å²) in [5.74, 6) is 0. The molecule has 0 fully saturated rings. The first-order chi connectivity index (χ1) is 6.85. The molecule has 0 heterocycles. The Labute approximate surface area is 85.6 Å². The van der Waals surface area contributed by atoms with Crippen LogP contribution in [-0.2, 0) is 4.74 Å². The molecule has 0 unspecified atom stereocenters. The van der Waals surface area contributed by atoms with Gasteiger partial charge in [0, 0.05) is 17.7 Å². The summed E-state index contributed by atoms with van der Waals surface area (Å²) < 4.78 is 4.89. The number of allylic oxidation sites excluding steroid dienone is 1. The minimum absolute atomic E-state index is 0.516. The van der Waals surface area contributed by atoms with Crippen molar-refractivity contribution in [3.05, 3.63) is 22.2 Å². The average Bonchev–Trinajstić information content (AvgIpc) is 2.20. The normalized spacial score (nSPS) is 11.1. The van der Waals surface area contributed by atoms with Crippen LogP contribution in [0.5, 0.6) is 0 Å². The predicted molar refractivity (Wildman–Crippen MR) is 57.9 cm³/mol. The van der Waals surface area contributed by atoms with Crippen LogP contribution in [0.4, 0.5) is 0 Å². The molecule has 14 heavy (non-hydrogen) atoms. The molecular weight excluding hydrogens is 178 g/mol. The number of rotatable bonds is 8. The van der Waals surface area contributed by atoms with E-state index >= 15 is 0 Å². The van der Waals surface area contributed by atoms with Gasteiger partial charge in [-0.3, -0.25) is 0 Å². The molecule has 0 atom stereocenters. The molecule has 0 aromatic heterocycles. The van der Waals surface area contributed by atoms with Crippen molar-refractivity contribution in [2.45, 2.75) is 39.0 Å². The molecule has 0 aromatic carbocycles. The molecule has 0 aliphatic heterocycles. The maximum atomic E-state index is 8.32. The van der Waals surface area contributed by atoms with Gasteiger partial charge in [0.25, 0.3) is 0 Å². The van der Waals surface area contributed by atoms with Crippen LogP contribution in [-0.4, -0.2) is 13.7 Å². The third-order valence-corrected chi connectivity index (χ3v) is 1.95. The molecule has 80 valence electrons. The highest BCUT2D eigenvalue weighted by molar-refractivity contribution is 5.00. The van der Waals surface area contributed by atoms with E-state index in [1.165, 1.54) is 19.3 Å². The Hall–Kier alpha value is -0.990. The van der Waals surface area contributed by atoms with Crippen molar-refractivity contribution in [2.24, 2.45) is 5.11 Å². The molecule has 0 aliphatic carbocycles. The highest BCUT2D eigenvalue weighted by Crippen LogP contribution is 2.11. The highest BCUT2D eigenvalue weighted by atomic mass is 16.5. The first kappa shape index (κ1) is 13.0. The maximum absolute atomic E-state index is 8.32. The van der Waals surface area contributed by atoms with Crippen molar-refractivity contribution < 1.29 is 4.74 Å².